The minimum absolute atomic E-state index is 0.119. The van der Waals surface area contributed by atoms with Crippen LogP contribution in [0.25, 0.3) is 22.9 Å². The number of aromatic nitrogens is 2. The molecule has 6 nitrogen and oxygen atoms in total. The number of nitrogens with one attached hydrogen (secondary N) is 1. The predicted octanol–water partition coefficient (Wildman–Crippen LogP) is 4.70. The quantitative estimate of drug-likeness (QED) is 0.501. The molecule has 0 unspecified atom stereocenters. The van der Waals surface area contributed by atoms with Gasteiger partial charge in [-0.15, -0.1) is 10.2 Å². The normalized spacial score (nSPS) is 10.6. The van der Waals surface area contributed by atoms with E-state index in [1.54, 1.807) is 24.3 Å². The molecule has 8 heteroatoms. The molecule has 3 aromatic carbocycles. The molecular weight excluding hydrogens is 392 g/mol. The van der Waals surface area contributed by atoms with Gasteiger partial charge in [-0.3, -0.25) is 4.79 Å². The van der Waals surface area contributed by atoms with Gasteiger partial charge in [0.1, 0.15) is 17.4 Å². The lowest BCUT2D eigenvalue weighted by Crippen LogP contribution is -2.20. The average molecular weight is 407 g/mol. The summed E-state index contributed by atoms with van der Waals surface area (Å²) in [4.78, 5) is 11.9. The Morgan fingerprint density at radius 3 is 2.23 bits per heavy atom. The first-order valence-corrected chi connectivity index (χ1v) is 8.95. The van der Waals surface area contributed by atoms with Gasteiger partial charge in [0.15, 0.2) is 6.61 Å². The molecule has 4 aromatic rings. The number of nitrogens with zero attached hydrogens (tertiary/aromatic N) is 2. The van der Waals surface area contributed by atoms with Gasteiger partial charge in [-0.2, -0.15) is 0 Å². The molecule has 0 radical (unpaired) electrons. The van der Waals surface area contributed by atoms with Crippen LogP contribution in [0.2, 0.25) is 0 Å². The highest BCUT2D eigenvalue weighted by molar-refractivity contribution is 5.92. The average Bonchev–Trinajstić information content (AvgIpc) is 3.26. The van der Waals surface area contributed by atoms with Crippen molar-refractivity contribution in [1.29, 1.82) is 0 Å². The molecule has 0 aliphatic rings. The zero-order valence-corrected chi connectivity index (χ0v) is 15.5. The first-order chi connectivity index (χ1) is 14.6. The molecule has 0 aliphatic heterocycles. The van der Waals surface area contributed by atoms with Crippen molar-refractivity contribution in [3.8, 4) is 28.7 Å². The number of anilines is 1. The van der Waals surface area contributed by atoms with Crippen LogP contribution in [-0.2, 0) is 4.79 Å². The van der Waals surface area contributed by atoms with Crippen molar-refractivity contribution in [2.45, 2.75) is 0 Å². The number of ether oxygens (including phenoxy) is 1. The minimum atomic E-state index is -0.859. The van der Waals surface area contributed by atoms with E-state index in [-0.39, 0.29) is 12.3 Å². The Bertz CT molecular complexity index is 1160. The lowest BCUT2D eigenvalue weighted by molar-refractivity contribution is -0.118. The molecule has 1 N–H and O–H groups in total. The maximum Gasteiger partial charge on any atom is 0.262 e. The Morgan fingerprint density at radius 2 is 1.57 bits per heavy atom. The van der Waals surface area contributed by atoms with Crippen molar-refractivity contribution in [2.24, 2.45) is 0 Å². The maximum absolute atomic E-state index is 13.6. The Labute approximate surface area is 170 Å². The number of hydrogen-bond donors (Lipinski definition) is 1. The van der Waals surface area contributed by atoms with Gasteiger partial charge in [-0.1, -0.05) is 18.2 Å². The van der Waals surface area contributed by atoms with E-state index < -0.39 is 17.5 Å². The Balaban J connectivity index is 1.36. The van der Waals surface area contributed by atoms with Crippen molar-refractivity contribution < 1.29 is 22.7 Å². The van der Waals surface area contributed by atoms with Crippen LogP contribution >= 0.6 is 0 Å². The van der Waals surface area contributed by atoms with Gasteiger partial charge in [-0.25, -0.2) is 8.78 Å². The van der Waals surface area contributed by atoms with Crippen LogP contribution in [0.1, 0.15) is 0 Å². The second-order valence-electron chi connectivity index (χ2n) is 6.26. The number of hydrogen-bond acceptors (Lipinski definition) is 5. The van der Waals surface area contributed by atoms with Crippen LogP contribution in [0, 0.1) is 11.6 Å². The van der Waals surface area contributed by atoms with E-state index in [4.69, 9.17) is 9.15 Å². The summed E-state index contributed by atoms with van der Waals surface area (Å²) in [6.07, 6.45) is 0. The fourth-order valence-electron chi connectivity index (χ4n) is 2.66. The third-order valence-electron chi connectivity index (χ3n) is 4.12. The summed E-state index contributed by atoms with van der Waals surface area (Å²) in [5.41, 5.74) is 1.39. The summed E-state index contributed by atoms with van der Waals surface area (Å²) >= 11 is 0. The Morgan fingerprint density at radius 1 is 0.900 bits per heavy atom. The first-order valence-electron chi connectivity index (χ1n) is 8.95. The molecule has 1 aromatic heterocycles. The SMILES string of the molecule is O=C(COc1ccc(-c2nnc(-c3ccccc3)o2)cc1)Nc1ccc(F)cc1F. The molecular formula is C22H15F2N3O3. The first kappa shape index (κ1) is 19.3. The summed E-state index contributed by atoms with van der Waals surface area (Å²) < 4.78 is 37.6. The second-order valence-corrected chi connectivity index (χ2v) is 6.26. The number of amides is 1. The van der Waals surface area contributed by atoms with Crippen LogP contribution in [-0.4, -0.2) is 22.7 Å². The third-order valence-corrected chi connectivity index (χ3v) is 4.12. The molecule has 0 fully saturated rings. The Kier molecular flexibility index (Phi) is 5.47. The van der Waals surface area contributed by atoms with E-state index in [9.17, 15) is 13.6 Å². The third kappa shape index (κ3) is 4.49. The van der Waals surface area contributed by atoms with Gasteiger partial charge < -0.3 is 14.5 Å². The van der Waals surface area contributed by atoms with Gasteiger partial charge >= 0.3 is 0 Å². The number of benzene rings is 3. The fraction of sp³-hybridized carbons (Fsp3) is 0.0455. The Hall–Kier alpha value is -4.07. The van der Waals surface area contributed by atoms with Gasteiger partial charge in [0.2, 0.25) is 11.8 Å². The summed E-state index contributed by atoms with van der Waals surface area (Å²) in [5.74, 6) is -0.966. The molecule has 1 amide bonds. The summed E-state index contributed by atoms with van der Waals surface area (Å²) in [6.45, 7) is -0.338. The zero-order chi connectivity index (χ0) is 20.9. The summed E-state index contributed by atoms with van der Waals surface area (Å²) in [7, 11) is 0. The van der Waals surface area contributed by atoms with Crippen molar-refractivity contribution in [1.82, 2.24) is 10.2 Å². The van der Waals surface area contributed by atoms with E-state index in [1.807, 2.05) is 30.3 Å². The molecule has 4 rings (SSSR count). The molecule has 0 saturated heterocycles. The lowest BCUT2D eigenvalue weighted by atomic mass is 10.2. The summed E-state index contributed by atoms with van der Waals surface area (Å²) in [5, 5.41) is 10.4. The number of rotatable bonds is 6. The smallest absolute Gasteiger partial charge is 0.262 e. The lowest BCUT2D eigenvalue weighted by Gasteiger charge is -2.08. The molecule has 0 saturated carbocycles. The van der Waals surface area contributed by atoms with Crippen molar-refractivity contribution in [3.63, 3.8) is 0 Å². The molecule has 150 valence electrons. The van der Waals surface area contributed by atoms with E-state index in [1.165, 1.54) is 0 Å². The van der Waals surface area contributed by atoms with Gasteiger partial charge in [0.05, 0.1) is 5.69 Å². The molecule has 0 bridgehead atoms. The topological polar surface area (TPSA) is 77.2 Å². The highest BCUT2D eigenvalue weighted by Gasteiger charge is 2.11. The van der Waals surface area contributed by atoms with Crippen LogP contribution < -0.4 is 10.1 Å². The van der Waals surface area contributed by atoms with Gasteiger partial charge in [-0.05, 0) is 48.5 Å². The van der Waals surface area contributed by atoms with Crippen LogP contribution in [0.3, 0.4) is 0 Å². The fourth-order valence-corrected chi connectivity index (χ4v) is 2.66. The maximum atomic E-state index is 13.6. The van der Waals surface area contributed by atoms with Gasteiger partial charge in [0.25, 0.3) is 5.91 Å². The van der Waals surface area contributed by atoms with Crippen LogP contribution in [0.4, 0.5) is 14.5 Å². The number of halogens is 2. The minimum Gasteiger partial charge on any atom is -0.484 e. The van der Waals surface area contributed by atoms with Crippen molar-refractivity contribution in [3.05, 3.63) is 84.4 Å². The molecule has 0 spiro atoms. The monoisotopic (exact) mass is 407 g/mol. The highest BCUT2D eigenvalue weighted by atomic mass is 19.1. The number of carbonyl (C=O) groups is 1. The van der Waals surface area contributed by atoms with E-state index in [2.05, 4.69) is 15.5 Å². The van der Waals surface area contributed by atoms with Crippen LogP contribution in [0.15, 0.2) is 77.2 Å². The summed E-state index contributed by atoms with van der Waals surface area (Å²) in [6, 6.07) is 19.0. The molecule has 0 atom stereocenters. The predicted molar refractivity (Wildman–Crippen MR) is 106 cm³/mol. The molecule has 1 heterocycles. The molecule has 30 heavy (non-hydrogen) atoms. The van der Waals surface area contributed by atoms with Gasteiger partial charge in [0, 0.05) is 17.2 Å². The van der Waals surface area contributed by atoms with Crippen LogP contribution in [0.5, 0.6) is 5.75 Å². The largest absolute Gasteiger partial charge is 0.484 e. The van der Waals surface area contributed by atoms with E-state index in [0.29, 0.717) is 29.2 Å². The van der Waals surface area contributed by atoms with Crippen molar-refractivity contribution in [2.75, 3.05) is 11.9 Å². The standard InChI is InChI=1S/C22H15F2N3O3/c23-16-8-11-19(18(24)12-16)25-20(28)13-29-17-9-6-15(7-10-17)22-27-26-21(30-22)14-4-2-1-3-5-14/h1-12H,13H2,(H,25,28). The zero-order valence-electron chi connectivity index (χ0n) is 15.5. The molecule has 0 aliphatic carbocycles. The van der Waals surface area contributed by atoms with Crippen molar-refractivity contribution >= 4 is 11.6 Å². The number of carbonyl (C=O) groups excluding carboxylic acids is 1. The highest BCUT2D eigenvalue weighted by Crippen LogP contribution is 2.25. The van der Waals surface area contributed by atoms with E-state index >= 15 is 0 Å². The second kappa shape index (κ2) is 8.52. The van der Waals surface area contributed by atoms with E-state index in [0.717, 1.165) is 17.7 Å².